The lowest BCUT2D eigenvalue weighted by Gasteiger charge is -2.24. The number of benzene rings is 1. The van der Waals surface area contributed by atoms with E-state index in [4.69, 9.17) is 10.5 Å². The van der Waals surface area contributed by atoms with Crippen LogP contribution in [0.15, 0.2) is 30.3 Å². The van der Waals surface area contributed by atoms with E-state index in [1.165, 1.54) is 0 Å². The molecule has 2 N–H and O–H groups in total. The number of likely N-dealkylation sites (tertiary alicyclic amines) is 1. The summed E-state index contributed by atoms with van der Waals surface area (Å²) >= 11 is 0. The van der Waals surface area contributed by atoms with Gasteiger partial charge in [0.05, 0.1) is 12.6 Å². The summed E-state index contributed by atoms with van der Waals surface area (Å²) in [5, 5.41) is 0. The first-order valence-electron chi connectivity index (χ1n) is 7.03. The van der Waals surface area contributed by atoms with Crippen molar-refractivity contribution in [1.29, 1.82) is 0 Å². The van der Waals surface area contributed by atoms with Crippen molar-refractivity contribution in [3.05, 3.63) is 35.9 Å². The molecule has 2 rings (SSSR count). The molecule has 0 unspecified atom stereocenters. The molecule has 114 valence electrons. The fourth-order valence-corrected chi connectivity index (χ4v) is 2.38. The molecule has 1 aromatic rings. The van der Waals surface area contributed by atoms with Gasteiger partial charge >= 0.3 is 6.09 Å². The number of carbonyl (C=O) groups is 2. The SMILES string of the molecule is CN(C(=O)CN)[C@H]1CCN(C(=O)OCc2ccccc2)C1. The zero-order valence-electron chi connectivity index (χ0n) is 12.2. The normalized spacial score (nSPS) is 17.6. The Morgan fingerprint density at radius 3 is 2.76 bits per heavy atom. The number of hydrogen-bond donors (Lipinski definition) is 1. The van der Waals surface area contributed by atoms with E-state index in [0.29, 0.717) is 13.1 Å². The second-order valence-electron chi connectivity index (χ2n) is 5.14. The van der Waals surface area contributed by atoms with Gasteiger partial charge in [-0.1, -0.05) is 30.3 Å². The molecule has 0 radical (unpaired) electrons. The van der Waals surface area contributed by atoms with Gasteiger partial charge in [0.1, 0.15) is 6.61 Å². The summed E-state index contributed by atoms with van der Waals surface area (Å²) in [6.45, 7) is 1.35. The Morgan fingerprint density at radius 2 is 2.10 bits per heavy atom. The van der Waals surface area contributed by atoms with Gasteiger partial charge in [0.25, 0.3) is 0 Å². The largest absolute Gasteiger partial charge is 0.445 e. The molecule has 21 heavy (non-hydrogen) atoms. The van der Waals surface area contributed by atoms with Gasteiger partial charge in [-0.3, -0.25) is 4.79 Å². The summed E-state index contributed by atoms with van der Waals surface area (Å²) in [6, 6.07) is 9.57. The predicted octanol–water partition coefficient (Wildman–Crippen LogP) is 0.815. The molecular weight excluding hydrogens is 270 g/mol. The molecule has 1 saturated heterocycles. The second-order valence-corrected chi connectivity index (χ2v) is 5.14. The van der Waals surface area contributed by atoms with Gasteiger partial charge in [-0.25, -0.2) is 4.79 Å². The summed E-state index contributed by atoms with van der Waals surface area (Å²) in [7, 11) is 1.72. The predicted molar refractivity (Wildman–Crippen MR) is 78.4 cm³/mol. The average molecular weight is 291 g/mol. The van der Waals surface area contributed by atoms with Crippen molar-refractivity contribution in [3.63, 3.8) is 0 Å². The Hall–Kier alpha value is -2.08. The number of likely N-dealkylation sites (N-methyl/N-ethyl adjacent to an activating group) is 1. The standard InChI is InChI=1S/C15H21N3O3/c1-17(14(19)9-16)13-7-8-18(10-13)15(20)21-11-12-5-3-2-4-6-12/h2-6,13H,7-11,16H2,1H3/t13-/m0/s1. The molecule has 0 saturated carbocycles. The first-order valence-corrected chi connectivity index (χ1v) is 7.03. The molecule has 2 amide bonds. The van der Waals surface area contributed by atoms with Crippen LogP contribution in [-0.4, -0.2) is 54.5 Å². The summed E-state index contributed by atoms with van der Waals surface area (Å²) in [4.78, 5) is 26.8. The van der Waals surface area contributed by atoms with Crippen LogP contribution >= 0.6 is 0 Å². The Balaban J connectivity index is 1.81. The number of amides is 2. The van der Waals surface area contributed by atoms with Gasteiger partial charge < -0.3 is 20.3 Å². The minimum Gasteiger partial charge on any atom is -0.445 e. The van der Waals surface area contributed by atoms with Crippen LogP contribution in [0.4, 0.5) is 4.79 Å². The summed E-state index contributed by atoms with van der Waals surface area (Å²) < 4.78 is 5.29. The average Bonchev–Trinajstić information content (AvgIpc) is 3.02. The van der Waals surface area contributed by atoms with Gasteiger partial charge in [0, 0.05) is 20.1 Å². The van der Waals surface area contributed by atoms with Gasteiger partial charge in [0.15, 0.2) is 0 Å². The Morgan fingerprint density at radius 1 is 1.38 bits per heavy atom. The maximum Gasteiger partial charge on any atom is 0.410 e. The van der Waals surface area contributed by atoms with Gasteiger partial charge in [0.2, 0.25) is 5.91 Å². The molecule has 1 aliphatic heterocycles. The zero-order chi connectivity index (χ0) is 15.2. The van der Waals surface area contributed by atoms with E-state index in [2.05, 4.69) is 0 Å². The summed E-state index contributed by atoms with van der Waals surface area (Å²) in [5.41, 5.74) is 6.31. The molecule has 6 heteroatoms. The molecule has 6 nitrogen and oxygen atoms in total. The van der Waals surface area contributed by atoms with E-state index in [0.717, 1.165) is 12.0 Å². The van der Waals surface area contributed by atoms with Gasteiger partial charge in [-0.15, -0.1) is 0 Å². The van der Waals surface area contributed by atoms with Crippen molar-refractivity contribution in [3.8, 4) is 0 Å². The number of nitrogens with two attached hydrogens (primary N) is 1. The number of nitrogens with zero attached hydrogens (tertiary/aromatic N) is 2. The van der Waals surface area contributed by atoms with Crippen molar-refractivity contribution in [2.45, 2.75) is 19.1 Å². The Bertz CT molecular complexity index is 492. The highest BCUT2D eigenvalue weighted by Crippen LogP contribution is 2.16. The van der Waals surface area contributed by atoms with E-state index in [1.807, 2.05) is 30.3 Å². The van der Waals surface area contributed by atoms with Crippen LogP contribution in [0.2, 0.25) is 0 Å². The molecule has 0 aromatic heterocycles. The van der Waals surface area contributed by atoms with E-state index >= 15 is 0 Å². The fourth-order valence-electron chi connectivity index (χ4n) is 2.38. The molecule has 1 aliphatic rings. The Labute approximate surface area is 124 Å². The molecule has 1 atom stereocenters. The maximum absolute atomic E-state index is 12.0. The van der Waals surface area contributed by atoms with Crippen LogP contribution in [0.25, 0.3) is 0 Å². The third kappa shape index (κ3) is 3.95. The van der Waals surface area contributed by atoms with Crippen molar-refractivity contribution in [1.82, 2.24) is 9.80 Å². The van der Waals surface area contributed by atoms with E-state index in [-0.39, 0.29) is 31.2 Å². The first-order chi connectivity index (χ1) is 10.1. The fraction of sp³-hybridized carbons (Fsp3) is 0.467. The molecule has 0 spiro atoms. The van der Waals surface area contributed by atoms with E-state index in [9.17, 15) is 9.59 Å². The third-order valence-corrected chi connectivity index (χ3v) is 3.74. The third-order valence-electron chi connectivity index (χ3n) is 3.74. The number of ether oxygens (including phenoxy) is 1. The molecule has 1 heterocycles. The summed E-state index contributed by atoms with van der Waals surface area (Å²) in [5.74, 6) is -0.112. The number of hydrogen-bond acceptors (Lipinski definition) is 4. The van der Waals surface area contributed by atoms with Crippen molar-refractivity contribution < 1.29 is 14.3 Å². The van der Waals surface area contributed by atoms with Gasteiger partial charge in [-0.05, 0) is 12.0 Å². The maximum atomic E-state index is 12.0. The van der Waals surface area contributed by atoms with Crippen molar-refractivity contribution in [2.75, 3.05) is 26.7 Å². The first kappa shape index (κ1) is 15.3. The lowest BCUT2D eigenvalue weighted by atomic mass is 10.2. The van der Waals surface area contributed by atoms with Crippen LogP contribution in [0, 0.1) is 0 Å². The smallest absolute Gasteiger partial charge is 0.410 e. The Kier molecular flexibility index (Phi) is 5.16. The summed E-state index contributed by atoms with van der Waals surface area (Å²) in [6.07, 6.45) is 0.415. The van der Waals surface area contributed by atoms with Crippen LogP contribution in [0.1, 0.15) is 12.0 Å². The minimum absolute atomic E-state index is 0.00848. The van der Waals surface area contributed by atoms with Gasteiger partial charge in [-0.2, -0.15) is 0 Å². The highest BCUT2D eigenvalue weighted by atomic mass is 16.6. The van der Waals surface area contributed by atoms with Crippen molar-refractivity contribution in [2.24, 2.45) is 5.73 Å². The second kappa shape index (κ2) is 7.08. The van der Waals surface area contributed by atoms with Crippen LogP contribution in [-0.2, 0) is 16.1 Å². The van der Waals surface area contributed by atoms with Crippen LogP contribution in [0.3, 0.4) is 0 Å². The van der Waals surface area contributed by atoms with Crippen LogP contribution < -0.4 is 5.73 Å². The zero-order valence-corrected chi connectivity index (χ0v) is 12.2. The monoisotopic (exact) mass is 291 g/mol. The van der Waals surface area contributed by atoms with Crippen molar-refractivity contribution >= 4 is 12.0 Å². The quantitative estimate of drug-likeness (QED) is 0.891. The molecule has 1 fully saturated rings. The van der Waals surface area contributed by atoms with E-state index < -0.39 is 0 Å². The number of rotatable bonds is 4. The molecular formula is C15H21N3O3. The van der Waals surface area contributed by atoms with E-state index in [1.54, 1.807) is 16.8 Å². The molecule has 0 aliphatic carbocycles. The molecule has 0 bridgehead atoms. The lowest BCUT2D eigenvalue weighted by molar-refractivity contribution is -0.130. The number of carbonyl (C=O) groups excluding carboxylic acids is 2. The lowest BCUT2D eigenvalue weighted by Crippen LogP contribution is -2.42. The highest BCUT2D eigenvalue weighted by Gasteiger charge is 2.31. The topological polar surface area (TPSA) is 75.9 Å². The van der Waals surface area contributed by atoms with Crippen LogP contribution in [0.5, 0.6) is 0 Å². The molecule has 1 aromatic carbocycles. The highest BCUT2D eigenvalue weighted by molar-refractivity contribution is 5.78. The minimum atomic E-state index is -0.338.